The Kier molecular flexibility index (Phi) is 4.67. The van der Waals surface area contributed by atoms with Gasteiger partial charge in [-0.1, -0.05) is 45.4 Å². The van der Waals surface area contributed by atoms with Crippen LogP contribution in [0.1, 0.15) is 51.9 Å². The fraction of sp³-hybridized carbons (Fsp3) is 1.00. The highest BCUT2D eigenvalue weighted by Gasteiger charge is 2.21. The summed E-state index contributed by atoms with van der Waals surface area (Å²) in [5.41, 5.74) is 0. The SMILES string of the molecule is CCCC(CO)C1CCCCC1. The van der Waals surface area contributed by atoms with Gasteiger partial charge in [-0.2, -0.15) is 0 Å². The largest absolute Gasteiger partial charge is 0.396 e. The zero-order valence-corrected chi connectivity index (χ0v) is 8.26. The molecular formula is C11H22O. The standard InChI is InChI=1S/C11H22O/c1-2-6-11(9-12)10-7-4-3-5-8-10/h10-12H,2-9H2,1H3. The van der Waals surface area contributed by atoms with Gasteiger partial charge in [0, 0.05) is 6.61 Å². The molecule has 0 aromatic rings. The van der Waals surface area contributed by atoms with E-state index in [1.807, 2.05) is 0 Å². The van der Waals surface area contributed by atoms with E-state index in [0.717, 1.165) is 5.92 Å². The molecular weight excluding hydrogens is 148 g/mol. The van der Waals surface area contributed by atoms with Crippen LogP contribution in [0.5, 0.6) is 0 Å². The molecule has 1 fully saturated rings. The summed E-state index contributed by atoms with van der Waals surface area (Å²) in [5, 5.41) is 9.21. The van der Waals surface area contributed by atoms with Crippen molar-refractivity contribution in [3.05, 3.63) is 0 Å². The molecule has 0 aromatic heterocycles. The number of hydrogen-bond acceptors (Lipinski definition) is 1. The quantitative estimate of drug-likeness (QED) is 0.687. The molecule has 1 N–H and O–H groups in total. The van der Waals surface area contributed by atoms with E-state index in [-0.39, 0.29) is 0 Å². The van der Waals surface area contributed by atoms with Gasteiger partial charge in [-0.05, 0) is 18.3 Å². The zero-order chi connectivity index (χ0) is 8.81. The third-order valence-electron chi connectivity index (χ3n) is 3.21. The van der Waals surface area contributed by atoms with Crippen LogP contribution in [-0.2, 0) is 0 Å². The van der Waals surface area contributed by atoms with Crippen LogP contribution in [0.4, 0.5) is 0 Å². The molecule has 1 atom stereocenters. The van der Waals surface area contributed by atoms with Crippen molar-refractivity contribution in [2.75, 3.05) is 6.61 Å². The Morgan fingerprint density at radius 2 is 1.92 bits per heavy atom. The monoisotopic (exact) mass is 170 g/mol. The zero-order valence-electron chi connectivity index (χ0n) is 8.26. The number of hydrogen-bond donors (Lipinski definition) is 1. The molecule has 0 aliphatic heterocycles. The molecule has 1 aliphatic rings. The Balaban J connectivity index is 2.29. The lowest BCUT2D eigenvalue weighted by atomic mass is 9.78. The summed E-state index contributed by atoms with van der Waals surface area (Å²) in [6.07, 6.45) is 9.38. The maximum Gasteiger partial charge on any atom is 0.0461 e. The van der Waals surface area contributed by atoms with Crippen molar-refractivity contribution in [3.63, 3.8) is 0 Å². The summed E-state index contributed by atoms with van der Waals surface area (Å²) in [7, 11) is 0. The van der Waals surface area contributed by atoms with Gasteiger partial charge in [0.1, 0.15) is 0 Å². The molecule has 0 saturated heterocycles. The normalized spacial score (nSPS) is 22.5. The van der Waals surface area contributed by atoms with Gasteiger partial charge in [0.25, 0.3) is 0 Å². The second-order valence-corrected chi connectivity index (χ2v) is 4.13. The molecule has 0 spiro atoms. The topological polar surface area (TPSA) is 20.2 Å². The lowest BCUT2D eigenvalue weighted by Crippen LogP contribution is -2.20. The van der Waals surface area contributed by atoms with E-state index in [4.69, 9.17) is 0 Å². The van der Waals surface area contributed by atoms with Gasteiger partial charge in [-0.3, -0.25) is 0 Å². The van der Waals surface area contributed by atoms with Crippen molar-refractivity contribution in [2.45, 2.75) is 51.9 Å². The molecule has 1 rings (SSSR count). The van der Waals surface area contributed by atoms with Crippen molar-refractivity contribution in [1.82, 2.24) is 0 Å². The van der Waals surface area contributed by atoms with Crippen molar-refractivity contribution in [2.24, 2.45) is 11.8 Å². The highest BCUT2D eigenvalue weighted by Crippen LogP contribution is 2.31. The average Bonchev–Trinajstić information content (AvgIpc) is 2.15. The van der Waals surface area contributed by atoms with E-state index >= 15 is 0 Å². The molecule has 1 nitrogen and oxygen atoms in total. The van der Waals surface area contributed by atoms with Crippen molar-refractivity contribution >= 4 is 0 Å². The van der Waals surface area contributed by atoms with E-state index in [9.17, 15) is 5.11 Å². The van der Waals surface area contributed by atoms with E-state index < -0.39 is 0 Å². The third-order valence-corrected chi connectivity index (χ3v) is 3.21. The van der Waals surface area contributed by atoms with Gasteiger partial charge in [-0.15, -0.1) is 0 Å². The molecule has 0 aromatic carbocycles. The summed E-state index contributed by atoms with van der Waals surface area (Å²) >= 11 is 0. The third kappa shape index (κ3) is 2.78. The first-order chi connectivity index (χ1) is 5.88. The van der Waals surface area contributed by atoms with Crippen LogP contribution in [0, 0.1) is 11.8 Å². The van der Waals surface area contributed by atoms with Crippen LogP contribution in [-0.4, -0.2) is 11.7 Å². The Morgan fingerprint density at radius 3 is 2.42 bits per heavy atom. The molecule has 0 amide bonds. The van der Waals surface area contributed by atoms with Crippen LogP contribution in [0.25, 0.3) is 0 Å². The fourth-order valence-electron chi connectivity index (χ4n) is 2.45. The number of aliphatic hydroxyl groups excluding tert-OH is 1. The highest BCUT2D eigenvalue weighted by atomic mass is 16.3. The molecule has 0 heterocycles. The van der Waals surface area contributed by atoms with E-state index in [1.54, 1.807) is 0 Å². The Bertz CT molecular complexity index is 103. The van der Waals surface area contributed by atoms with Crippen LogP contribution >= 0.6 is 0 Å². The lowest BCUT2D eigenvalue weighted by molar-refractivity contribution is 0.139. The summed E-state index contributed by atoms with van der Waals surface area (Å²) < 4.78 is 0. The van der Waals surface area contributed by atoms with Crippen molar-refractivity contribution in [1.29, 1.82) is 0 Å². The average molecular weight is 170 g/mol. The van der Waals surface area contributed by atoms with Gasteiger partial charge in [0.15, 0.2) is 0 Å². The van der Waals surface area contributed by atoms with Crippen LogP contribution in [0.2, 0.25) is 0 Å². The molecule has 1 aliphatic carbocycles. The highest BCUT2D eigenvalue weighted by molar-refractivity contribution is 4.73. The van der Waals surface area contributed by atoms with Gasteiger partial charge >= 0.3 is 0 Å². The van der Waals surface area contributed by atoms with Crippen LogP contribution < -0.4 is 0 Å². The smallest absolute Gasteiger partial charge is 0.0461 e. The summed E-state index contributed by atoms with van der Waals surface area (Å²) in [6.45, 7) is 2.63. The Hall–Kier alpha value is -0.0400. The molecule has 1 heteroatoms. The minimum atomic E-state index is 0.415. The first-order valence-electron chi connectivity index (χ1n) is 5.49. The summed E-state index contributed by atoms with van der Waals surface area (Å²) in [4.78, 5) is 0. The van der Waals surface area contributed by atoms with Crippen LogP contribution in [0.15, 0.2) is 0 Å². The predicted octanol–water partition coefficient (Wildman–Crippen LogP) is 2.98. The summed E-state index contributed by atoms with van der Waals surface area (Å²) in [6, 6.07) is 0. The molecule has 0 radical (unpaired) electrons. The maximum absolute atomic E-state index is 9.21. The Morgan fingerprint density at radius 1 is 1.25 bits per heavy atom. The van der Waals surface area contributed by atoms with E-state index in [2.05, 4.69) is 6.92 Å². The molecule has 72 valence electrons. The number of aliphatic hydroxyl groups is 1. The van der Waals surface area contributed by atoms with Crippen molar-refractivity contribution < 1.29 is 5.11 Å². The second kappa shape index (κ2) is 5.58. The van der Waals surface area contributed by atoms with Crippen molar-refractivity contribution in [3.8, 4) is 0 Å². The lowest BCUT2D eigenvalue weighted by Gasteiger charge is -2.28. The molecule has 12 heavy (non-hydrogen) atoms. The van der Waals surface area contributed by atoms with E-state index in [1.165, 1.54) is 44.9 Å². The minimum Gasteiger partial charge on any atom is -0.396 e. The number of rotatable bonds is 4. The first kappa shape index (κ1) is 10.0. The van der Waals surface area contributed by atoms with Gasteiger partial charge in [0.2, 0.25) is 0 Å². The first-order valence-corrected chi connectivity index (χ1v) is 5.49. The minimum absolute atomic E-state index is 0.415. The fourth-order valence-corrected chi connectivity index (χ4v) is 2.45. The molecule has 1 unspecified atom stereocenters. The van der Waals surface area contributed by atoms with Gasteiger partial charge in [0.05, 0.1) is 0 Å². The van der Waals surface area contributed by atoms with E-state index in [0.29, 0.717) is 12.5 Å². The molecule has 0 bridgehead atoms. The predicted molar refractivity (Wildman–Crippen MR) is 52.1 cm³/mol. The van der Waals surface area contributed by atoms with Crippen LogP contribution in [0.3, 0.4) is 0 Å². The van der Waals surface area contributed by atoms with Gasteiger partial charge < -0.3 is 5.11 Å². The summed E-state index contributed by atoms with van der Waals surface area (Å²) in [5.74, 6) is 1.44. The maximum atomic E-state index is 9.21. The molecule has 1 saturated carbocycles. The van der Waals surface area contributed by atoms with Gasteiger partial charge in [-0.25, -0.2) is 0 Å². The Labute approximate surface area is 76.2 Å². The second-order valence-electron chi connectivity index (χ2n) is 4.13.